The minimum atomic E-state index is -0.440. The van der Waals surface area contributed by atoms with Gasteiger partial charge in [-0.05, 0) is 43.5 Å². The number of piperidine rings is 1. The second kappa shape index (κ2) is 9.77. The summed E-state index contributed by atoms with van der Waals surface area (Å²) in [5, 5.41) is 3.32. The number of benzene rings is 1. The van der Waals surface area contributed by atoms with E-state index in [1.165, 1.54) is 6.42 Å². The molecular weight excluding hydrogens is 408 g/mol. The van der Waals surface area contributed by atoms with Crippen LogP contribution in [0.1, 0.15) is 19.3 Å². The molecule has 3 N–H and O–H groups in total. The molecule has 0 unspecified atom stereocenters. The molecule has 0 radical (unpaired) electrons. The quantitative estimate of drug-likeness (QED) is 0.618. The van der Waals surface area contributed by atoms with E-state index in [2.05, 4.69) is 40.9 Å². The summed E-state index contributed by atoms with van der Waals surface area (Å²) >= 11 is 5.87. The first-order valence-electron chi connectivity index (χ1n) is 10.1. The van der Waals surface area contributed by atoms with Crippen LogP contribution in [0.15, 0.2) is 24.3 Å². The Bertz CT molecular complexity index is 818. The number of aromatic nitrogens is 3. The summed E-state index contributed by atoms with van der Waals surface area (Å²) in [6.45, 7) is 4.53. The van der Waals surface area contributed by atoms with Crippen LogP contribution in [0.25, 0.3) is 0 Å². The number of hydrazine groups is 1. The van der Waals surface area contributed by atoms with E-state index in [-0.39, 0.29) is 0 Å². The maximum atomic E-state index is 12.2. The van der Waals surface area contributed by atoms with Crippen molar-refractivity contribution in [2.24, 2.45) is 0 Å². The van der Waals surface area contributed by atoms with Gasteiger partial charge in [0, 0.05) is 36.9 Å². The second-order valence-corrected chi connectivity index (χ2v) is 7.55. The first-order valence-corrected chi connectivity index (χ1v) is 10.5. The monoisotopic (exact) mass is 432 g/mol. The smallest absolute Gasteiger partial charge is 0.337 e. The minimum Gasteiger partial charge on any atom is -0.378 e. The molecule has 2 aliphatic heterocycles. The van der Waals surface area contributed by atoms with E-state index in [4.69, 9.17) is 16.3 Å². The zero-order valence-corrected chi connectivity index (χ0v) is 17.4. The van der Waals surface area contributed by atoms with Crippen molar-refractivity contribution in [2.45, 2.75) is 19.3 Å². The molecule has 2 amide bonds. The fourth-order valence-electron chi connectivity index (χ4n) is 3.36. The maximum Gasteiger partial charge on any atom is 0.337 e. The topological polar surface area (TPSA) is 108 Å². The van der Waals surface area contributed by atoms with E-state index in [0.717, 1.165) is 25.9 Å². The zero-order chi connectivity index (χ0) is 20.8. The molecule has 2 fully saturated rings. The summed E-state index contributed by atoms with van der Waals surface area (Å²) in [5.74, 6) is 1.49. The van der Waals surface area contributed by atoms with Gasteiger partial charge < -0.3 is 19.9 Å². The molecule has 2 aliphatic rings. The third-order valence-electron chi connectivity index (χ3n) is 4.93. The van der Waals surface area contributed by atoms with Crippen molar-refractivity contribution in [1.82, 2.24) is 20.4 Å². The van der Waals surface area contributed by atoms with Gasteiger partial charge in [-0.15, -0.1) is 0 Å². The fraction of sp³-hybridized carbons (Fsp3) is 0.474. The number of nitrogens with zero attached hydrogens (tertiary/aromatic N) is 5. The van der Waals surface area contributed by atoms with Crippen LogP contribution < -0.4 is 26.0 Å². The molecule has 0 spiro atoms. The van der Waals surface area contributed by atoms with E-state index in [1.54, 1.807) is 24.3 Å². The van der Waals surface area contributed by atoms with E-state index < -0.39 is 6.03 Å². The van der Waals surface area contributed by atoms with Crippen LogP contribution >= 0.6 is 11.6 Å². The van der Waals surface area contributed by atoms with Gasteiger partial charge in [0.2, 0.25) is 17.8 Å². The lowest BCUT2D eigenvalue weighted by Crippen LogP contribution is -2.39. The highest BCUT2D eigenvalue weighted by molar-refractivity contribution is 6.30. The predicted octanol–water partition coefficient (Wildman–Crippen LogP) is 2.50. The first-order chi connectivity index (χ1) is 14.7. The number of amides is 2. The Morgan fingerprint density at radius 2 is 1.53 bits per heavy atom. The Morgan fingerprint density at radius 1 is 0.900 bits per heavy atom. The van der Waals surface area contributed by atoms with Crippen LogP contribution in [0.2, 0.25) is 5.02 Å². The largest absolute Gasteiger partial charge is 0.378 e. The predicted molar refractivity (Wildman–Crippen MR) is 116 cm³/mol. The summed E-state index contributed by atoms with van der Waals surface area (Å²) in [7, 11) is 0. The lowest BCUT2D eigenvalue weighted by molar-refractivity contribution is 0.122. The highest BCUT2D eigenvalue weighted by Crippen LogP contribution is 2.20. The zero-order valence-electron chi connectivity index (χ0n) is 16.6. The molecule has 3 heterocycles. The lowest BCUT2D eigenvalue weighted by Gasteiger charge is -2.30. The Morgan fingerprint density at radius 3 is 2.20 bits per heavy atom. The van der Waals surface area contributed by atoms with Gasteiger partial charge in [-0.25, -0.2) is 10.2 Å². The number of carbonyl (C=O) groups is 1. The standard InChI is InChI=1S/C19H25ClN8O2/c20-14-4-6-15(7-5-14)21-19(29)26-25-16-22-17(27-8-2-1-3-9-27)24-18(23-16)28-10-12-30-13-11-28/h4-7H,1-3,8-13H2,(H2,21,26,29)(H,22,23,24,25). The molecule has 0 saturated carbocycles. The van der Waals surface area contributed by atoms with Crippen LogP contribution in [0.5, 0.6) is 0 Å². The highest BCUT2D eigenvalue weighted by Gasteiger charge is 2.20. The molecule has 1 aromatic carbocycles. The van der Waals surface area contributed by atoms with Gasteiger partial charge in [0.1, 0.15) is 0 Å². The van der Waals surface area contributed by atoms with E-state index >= 15 is 0 Å². The first kappa shape index (κ1) is 20.4. The molecule has 0 bridgehead atoms. The van der Waals surface area contributed by atoms with Crippen molar-refractivity contribution < 1.29 is 9.53 Å². The summed E-state index contributed by atoms with van der Waals surface area (Å²) < 4.78 is 5.43. The number of hydrogen-bond acceptors (Lipinski definition) is 8. The number of hydrogen-bond donors (Lipinski definition) is 3. The Labute approximate surface area is 180 Å². The molecule has 10 nitrogen and oxygen atoms in total. The number of rotatable bonds is 5. The number of ether oxygens (including phenoxy) is 1. The van der Waals surface area contributed by atoms with Gasteiger partial charge in [-0.1, -0.05) is 11.6 Å². The van der Waals surface area contributed by atoms with Crippen molar-refractivity contribution in [1.29, 1.82) is 0 Å². The van der Waals surface area contributed by atoms with Gasteiger partial charge in [-0.2, -0.15) is 15.0 Å². The molecule has 11 heteroatoms. The maximum absolute atomic E-state index is 12.2. The number of halogens is 1. The summed E-state index contributed by atoms with van der Waals surface area (Å²) in [6, 6.07) is 6.41. The summed E-state index contributed by atoms with van der Waals surface area (Å²) in [4.78, 5) is 30.1. The summed E-state index contributed by atoms with van der Waals surface area (Å²) in [6.07, 6.45) is 3.45. The normalized spacial score (nSPS) is 16.8. The molecule has 30 heavy (non-hydrogen) atoms. The van der Waals surface area contributed by atoms with Gasteiger partial charge in [0.25, 0.3) is 0 Å². The summed E-state index contributed by atoms with van der Waals surface area (Å²) in [5.41, 5.74) is 6.00. The van der Waals surface area contributed by atoms with Crippen LogP contribution in [0.4, 0.5) is 28.3 Å². The Kier molecular flexibility index (Phi) is 6.65. The molecule has 160 valence electrons. The van der Waals surface area contributed by atoms with Crippen molar-refractivity contribution in [2.75, 3.05) is 59.9 Å². The van der Waals surface area contributed by atoms with E-state index in [0.29, 0.717) is 54.9 Å². The van der Waals surface area contributed by atoms with E-state index in [1.807, 2.05) is 0 Å². The number of morpholine rings is 1. The molecule has 1 aromatic heterocycles. The number of urea groups is 1. The molecule has 0 aliphatic carbocycles. The molecule has 0 atom stereocenters. The van der Waals surface area contributed by atoms with Gasteiger partial charge in [0.15, 0.2) is 0 Å². The highest BCUT2D eigenvalue weighted by atomic mass is 35.5. The van der Waals surface area contributed by atoms with Gasteiger partial charge >= 0.3 is 6.03 Å². The third-order valence-corrected chi connectivity index (χ3v) is 5.19. The van der Waals surface area contributed by atoms with Crippen LogP contribution in [-0.4, -0.2) is 60.4 Å². The second-order valence-electron chi connectivity index (χ2n) is 7.12. The number of anilines is 4. The third kappa shape index (κ3) is 5.39. The van der Waals surface area contributed by atoms with Crippen LogP contribution in [-0.2, 0) is 4.74 Å². The fourth-order valence-corrected chi connectivity index (χ4v) is 3.48. The molecular formula is C19H25ClN8O2. The van der Waals surface area contributed by atoms with Crippen molar-refractivity contribution in [3.63, 3.8) is 0 Å². The lowest BCUT2D eigenvalue weighted by atomic mass is 10.1. The van der Waals surface area contributed by atoms with Crippen LogP contribution in [0.3, 0.4) is 0 Å². The van der Waals surface area contributed by atoms with Crippen molar-refractivity contribution in [3.05, 3.63) is 29.3 Å². The van der Waals surface area contributed by atoms with E-state index in [9.17, 15) is 4.79 Å². The average molecular weight is 433 g/mol. The van der Waals surface area contributed by atoms with Crippen LogP contribution in [0, 0.1) is 0 Å². The SMILES string of the molecule is O=C(NNc1nc(N2CCCCC2)nc(N2CCOCC2)n1)Nc1ccc(Cl)cc1. The van der Waals surface area contributed by atoms with Crippen molar-refractivity contribution in [3.8, 4) is 0 Å². The average Bonchev–Trinajstić information content (AvgIpc) is 2.80. The molecule has 2 saturated heterocycles. The number of carbonyl (C=O) groups excluding carboxylic acids is 1. The molecule has 2 aromatic rings. The van der Waals surface area contributed by atoms with Crippen molar-refractivity contribution >= 4 is 41.2 Å². The minimum absolute atomic E-state index is 0.290. The number of nitrogens with one attached hydrogen (secondary N) is 3. The Balaban J connectivity index is 1.46. The van der Waals surface area contributed by atoms with Gasteiger partial charge in [-0.3, -0.25) is 5.43 Å². The molecule has 4 rings (SSSR count). The van der Waals surface area contributed by atoms with Gasteiger partial charge in [0.05, 0.1) is 13.2 Å². The Hall–Kier alpha value is -2.85.